The molecule has 0 aliphatic heterocycles. The molecule has 0 radical (unpaired) electrons. The van der Waals surface area contributed by atoms with Gasteiger partial charge in [-0.05, 0) is 19.1 Å². The highest BCUT2D eigenvalue weighted by Crippen LogP contribution is 2.37. The molecule has 4 nitrogen and oxygen atoms in total. The number of benzene rings is 1. The first-order valence-corrected chi connectivity index (χ1v) is 8.98. The van der Waals surface area contributed by atoms with Crippen LogP contribution in [0.1, 0.15) is 6.92 Å². The van der Waals surface area contributed by atoms with Gasteiger partial charge in [-0.1, -0.05) is 74.8 Å². The molecule has 0 fully saturated rings. The highest BCUT2D eigenvalue weighted by atomic mass is 35.5. The molecule has 0 bridgehead atoms. The van der Waals surface area contributed by atoms with E-state index in [-0.39, 0.29) is 38.8 Å². The fourth-order valence-corrected chi connectivity index (χ4v) is 2.24. The Bertz CT molecular complexity index is 644. The number of hydrogen-bond donors (Lipinski definition) is 0. The van der Waals surface area contributed by atoms with Crippen molar-refractivity contribution in [1.29, 1.82) is 0 Å². The molecular formula is C15H13Cl6NO3. The van der Waals surface area contributed by atoms with Crippen molar-refractivity contribution in [3.63, 3.8) is 0 Å². The molecule has 10 heteroatoms. The van der Waals surface area contributed by atoms with Crippen LogP contribution in [0.3, 0.4) is 0 Å². The van der Waals surface area contributed by atoms with Gasteiger partial charge in [0.05, 0.1) is 15.8 Å². The molecule has 25 heavy (non-hydrogen) atoms. The fraction of sp³-hybridized carbons (Fsp3) is 0.267. The Morgan fingerprint density at radius 3 is 2.08 bits per heavy atom. The molecule has 0 spiro atoms. The lowest BCUT2D eigenvalue weighted by Gasteiger charge is -2.12. The van der Waals surface area contributed by atoms with Gasteiger partial charge in [0.15, 0.2) is 5.75 Å². The molecule has 0 aliphatic rings. The van der Waals surface area contributed by atoms with Crippen LogP contribution in [0.2, 0.25) is 10.0 Å². The first-order valence-electron chi connectivity index (χ1n) is 6.72. The van der Waals surface area contributed by atoms with Gasteiger partial charge in [-0.3, -0.25) is 0 Å². The summed E-state index contributed by atoms with van der Waals surface area (Å²) in [6.07, 6.45) is 2.95. The van der Waals surface area contributed by atoms with Crippen LogP contribution in [0.5, 0.6) is 11.5 Å². The summed E-state index contributed by atoms with van der Waals surface area (Å²) in [6.45, 7) is 2.17. The molecule has 0 atom stereocenters. The number of rotatable bonds is 9. The van der Waals surface area contributed by atoms with Crippen molar-refractivity contribution in [2.24, 2.45) is 5.16 Å². The van der Waals surface area contributed by atoms with Crippen molar-refractivity contribution in [2.45, 2.75) is 6.92 Å². The average molecular weight is 468 g/mol. The molecule has 138 valence electrons. The Labute approximate surface area is 175 Å². The van der Waals surface area contributed by atoms with Crippen molar-refractivity contribution in [2.75, 3.05) is 19.8 Å². The van der Waals surface area contributed by atoms with Crippen LogP contribution in [-0.2, 0) is 4.84 Å². The Balaban J connectivity index is 2.62. The van der Waals surface area contributed by atoms with Gasteiger partial charge in [0, 0.05) is 12.1 Å². The number of hydrogen-bond acceptors (Lipinski definition) is 4. The summed E-state index contributed by atoms with van der Waals surface area (Å²) in [5.74, 6) is 0.756. The van der Waals surface area contributed by atoms with Gasteiger partial charge >= 0.3 is 0 Å². The summed E-state index contributed by atoms with van der Waals surface area (Å²) in [6, 6.07) is 3.13. The molecule has 0 N–H and O–H groups in total. The summed E-state index contributed by atoms with van der Waals surface area (Å²) in [7, 11) is 0. The molecule has 0 heterocycles. The normalized spacial score (nSPS) is 10.9. The maximum absolute atomic E-state index is 6.16. The molecule has 1 aromatic rings. The van der Waals surface area contributed by atoms with Crippen LogP contribution >= 0.6 is 69.6 Å². The molecule has 1 aromatic carbocycles. The highest BCUT2D eigenvalue weighted by Gasteiger charge is 2.11. The van der Waals surface area contributed by atoms with E-state index >= 15 is 0 Å². The van der Waals surface area contributed by atoms with E-state index in [2.05, 4.69) is 5.16 Å². The van der Waals surface area contributed by atoms with Gasteiger partial charge in [-0.25, -0.2) is 0 Å². The first-order chi connectivity index (χ1) is 11.8. The van der Waals surface area contributed by atoms with Crippen LogP contribution in [0.4, 0.5) is 0 Å². The standard InChI is InChI=1S/C15H13Cl6NO3/c1-9(22-25-5-3-14(20)21)8-24-15-11(16)6-10(7-12(15)17)23-4-2-13(18)19/h2-3,6-7H,4-5,8H2,1H3. The van der Waals surface area contributed by atoms with Crippen LogP contribution in [-0.4, -0.2) is 25.5 Å². The quantitative estimate of drug-likeness (QED) is 0.228. The van der Waals surface area contributed by atoms with Crippen molar-refractivity contribution >= 4 is 75.3 Å². The molecule has 0 amide bonds. The summed E-state index contributed by atoms with van der Waals surface area (Å²) >= 11 is 34.2. The lowest BCUT2D eigenvalue weighted by molar-refractivity contribution is 0.172. The summed E-state index contributed by atoms with van der Waals surface area (Å²) in [5.41, 5.74) is 0.563. The minimum Gasteiger partial charge on any atom is -0.489 e. The third kappa shape index (κ3) is 9.69. The van der Waals surface area contributed by atoms with Crippen LogP contribution in [0, 0.1) is 0 Å². The van der Waals surface area contributed by atoms with E-state index in [9.17, 15) is 0 Å². The van der Waals surface area contributed by atoms with E-state index in [1.54, 1.807) is 19.1 Å². The van der Waals surface area contributed by atoms with E-state index in [1.807, 2.05) is 0 Å². The molecule has 0 aromatic heterocycles. The molecule has 0 saturated heterocycles. The third-order valence-electron chi connectivity index (χ3n) is 2.42. The fourth-order valence-electron chi connectivity index (χ4n) is 1.41. The van der Waals surface area contributed by atoms with Gasteiger partial charge in [0.2, 0.25) is 0 Å². The van der Waals surface area contributed by atoms with Crippen LogP contribution in [0.15, 0.2) is 38.4 Å². The van der Waals surface area contributed by atoms with Gasteiger partial charge in [0.25, 0.3) is 0 Å². The molecule has 0 saturated carbocycles. The second-order valence-corrected chi connectivity index (χ2v) is 7.26. The largest absolute Gasteiger partial charge is 0.489 e. The predicted molar refractivity (Wildman–Crippen MR) is 106 cm³/mol. The summed E-state index contributed by atoms with van der Waals surface area (Å²) in [5, 5.41) is 4.40. The topological polar surface area (TPSA) is 40.0 Å². The Morgan fingerprint density at radius 1 is 0.960 bits per heavy atom. The predicted octanol–water partition coefficient (Wildman–Crippen LogP) is 6.78. The molecular weight excluding hydrogens is 455 g/mol. The zero-order valence-corrected chi connectivity index (χ0v) is 17.4. The van der Waals surface area contributed by atoms with Crippen molar-refractivity contribution in [1.82, 2.24) is 0 Å². The summed E-state index contributed by atoms with van der Waals surface area (Å²) in [4.78, 5) is 4.99. The number of nitrogens with zero attached hydrogens (tertiary/aromatic N) is 1. The van der Waals surface area contributed by atoms with Gasteiger partial charge in [0.1, 0.15) is 34.6 Å². The van der Waals surface area contributed by atoms with E-state index in [4.69, 9.17) is 83.9 Å². The molecule has 1 rings (SSSR count). The van der Waals surface area contributed by atoms with E-state index in [1.165, 1.54) is 12.2 Å². The molecule has 0 aliphatic carbocycles. The van der Waals surface area contributed by atoms with Gasteiger partial charge < -0.3 is 14.3 Å². The van der Waals surface area contributed by atoms with Crippen molar-refractivity contribution < 1.29 is 14.3 Å². The number of oxime groups is 1. The highest BCUT2D eigenvalue weighted by molar-refractivity contribution is 6.56. The Kier molecular flexibility index (Phi) is 10.8. The first kappa shape index (κ1) is 22.6. The van der Waals surface area contributed by atoms with Crippen LogP contribution in [0.25, 0.3) is 0 Å². The zero-order valence-electron chi connectivity index (χ0n) is 12.9. The van der Waals surface area contributed by atoms with E-state index in [0.717, 1.165) is 0 Å². The number of ether oxygens (including phenoxy) is 2. The Hall–Kier alpha value is -0.490. The summed E-state index contributed by atoms with van der Waals surface area (Å²) < 4.78 is 11.2. The second kappa shape index (κ2) is 12.0. The SMILES string of the molecule is CC(COc1c(Cl)cc(OCC=C(Cl)Cl)cc1Cl)=NOCC=C(Cl)Cl. The van der Waals surface area contributed by atoms with Crippen molar-refractivity contribution in [3.05, 3.63) is 43.3 Å². The van der Waals surface area contributed by atoms with E-state index < -0.39 is 0 Å². The number of halogens is 6. The Morgan fingerprint density at radius 2 is 1.52 bits per heavy atom. The zero-order chi connectivity index (χ0) is 18.8. The van der Waals surface area contributed by atoms with Crippen LogP contribution < -0.4 is 9.47 Å². The lowest BCUT2D eigenvalue weighted by Crippen LogP contribution is -2.09. The maximum atomic E-state index is 6.16. The van der Waals surface area contributed by atoms with Gasteiger partial charge in [-0.2, -0.15) is 0 Å². The van der Waals surface area contributed by atoms with Gasteiger partial charge in [-0.15, -0.1) is 0 Å². The minimum absolute atomic E-state index is 0.105. The maximum Gasteiger partial charge on any atom is 0.157 e. The van der Waals surface area contributed by atoms with E-state index in [0.29, 0.717) is 17.2 Å². The lowest BCUT2D eigenvalue weighted by atomic mass is 10.3. The monoisotopic (exact) mass is 465 g/mol. The van der Waals surface area contributed by atoms with Crippen molar-refractivity contribution in [3.8, 4) is 11.5 Å². The molecule has 0 unspecified atom stereocenters. The minimum atomic E-state index is 0.105. The third-order valence-corrected chi connectivity index (χ3v) is 3.60. The second-order valence-electron chi connectivity index (χ2n) is 4.43. The average Bonchev–Trinajstić information content (AvgIpc) is 2.50. The smallest absolute Gasteiger partial charge is 0.157 e.